The molecule has 0 radical (unpaired) electrons. The predicted octanol–water partition coefficient (Wildman–Crippen LogP) is 3.53. The average molecular weight is 338 g/mol. The third kappa shape index (κ3) is 3.36. The van der Waals surface area contributed by atoms with E-state index in [1.807, 2.05) is 0 Å². The Hall–Kier alpha value is -1.88. The number of ether oxygens (including phenoxy) is 1. The summed E-state index contributed by atoms with van der Waals surface area (Å²) in [6.45, 7) is 0.148. The van der Waals surface area contributed by atoms with Crippen molar-refractivity contribution in [2.75, 3.05) is 7.11 Å². The van der Waals surface area contributed by atoms with Crippen LogP contribution in [-0.2, 0) is 6.54 Å². The molecule has 0 aliphatic rings. The molecule has 0 spiro atoms. The Kier molecular flexibility index (Phi) is 4.74. The first-order valence-corrected chi connectivity index (χ1v) is 6.76. The molecular weight excluding hydrogens is 325 g/mol. The Balaban J connectivity index is 2.05. The molecule has 0 fully saturated rings. The van der Waals surface area contributed by atoms with E-state index in [0.29, 0.717) is 21.3 Å². The summed E-state index contributed by atoms with van der Waals surface area (Å²) in [5.41, 5.74) is 0.933. The van der Waals surface area contributed by atoms with Crippen molar-refractivity contribution >= 4 is 21.8 Å². The number of hydrogen-bond acceptors (Lipinski definition) is 2. The second-order valence-corrected chi connectivity index (χ2v) is 4.98. The Bertz CT molecular complexity index is 631. The van der Waals surface area contributed by atoms with Crippen molar-refractivity contribution in [3.05, 3.63) is 63.9 Å². The maximum absolute atomic E-state index is 13.4. The normalized spacial score (nSPS) is 10.2. The molecule has 2 aromatic carbocycles. The molecule has 1 amide bonds. The van der Waals surface area contributed by atoms with Crippen LogP contribution in [0, 0.1) is 5.82 Å². The zero-order chi connectivity index (χ0) is 14.5. The zero-order valence-corrected chi connectivity index (χ0v) is 12.4. The maximum atomic E-state index is 13.4. The smallest absolute Gasteiger partial charge is 0.251 e. The monoisotopic (exact) mass is 337 g/mol. The van der Waals surface area contributed by atoms with Crippen molar-refractivity contribution in [3.63, 3.8) is 0 Å². The zero-order valence-electron chi connectivity index (χ0n) is 10.8. The number of benzene rings is 2. The van der Waals surface area contributed by atoms with E-state index < -0.39 is 0 Å². The molecule has 2 aromatic rings. The van der Waals surface area contributed by atoms with Crippen LogP contribution >= 0.6 is 15.9 Å². The van der Waals surface area contributed by atoms with Crippen molar-refractivity contribution < 1.29 is 13.9 Å². The molecule has 20 heavy (non-hydrogen) atoms. The molecule has 0 atom stereocenters. The van der Waals surface area contributed by atoms with Crippen LogP contribution in [0.1, 0.15) is 15.9 Å². The molecule has 0 bridgehead atoms. The van der Waals surface area contributed by atoms with Crippen LogP contribution in [0.3, 0.4) is 0 Å². The number of carbonyl (C=O) groups excluding carboxylic acids is 1. The van der Waals surface area contributed by atoms with Gasteiger partial charge in [0.05, 0.1) is 11.6 Å². The number of methoxy groups -OCH3 is 1. The van der Waals surface area contributed by atoms with Crippen LogP contribution in [0.15, 0.2) is 46.9 Å². The van der Waals surface area contributed by atoms with Gasteiger partial charge in [0, 0.05) is 17.7 Å². The van der Waals surface area contributed by atoms with Gasteiger partial charge in [0.25, 0.3) is 5.91 Å². The van der Waals surface area contributed by atoms with E-state index >= 15 is 0 Å². The van der Waals surface area contributed by atoms with Gasteiger partial charge in [0.1, 0.15) is 11.6 Å². The fourth-order valence-corrected chi connectivity index (χ4v) is 2.27. The number of hydrogen-bond donors (Lipinski definition) is 1. The first kappa shape index (κ1) is 14.5. The molecule has 0 heterocycles. The third-order valence-electron chi connectivity index (χ3n) is 2.81. The summed E-state index contributed by atoms with van der Waals surface area (Å²) in [4.78, 5) is 12.0. The van der Waals surface area contributed by atoms with Gasteiger partial charge in [0.2, 0.25) is 0 Å². The predicted molar refractivity (Wildman–Crippen MR) is 78.3 cm³/mol. The second-order valence-electron chi connectivity index (χ2n) is 4.12. The van der Waals surface area contributed by atoms with Gasteiger partial charge in [-0.05, 0) is 40.2 Å². The summed E-state index contributed by atoms with van der Waals surface area (Å²) in [7, 11) is 1.55. The minimum Gasteiger partial charge on any atom is -0.496 e. The van der Waals surface area contributed by atoms with E-state index in [1.165, 1.54) is 6.07 Å². The highest BCUT2D eigenvalue weighted by molar-refractivity contribution is 9.10. The van der Waals surface area contributed by atoms with Gasteiger partial charge >= 0.3 is 0 Å². The van der Waals surface area contributed by atoms with Crippen LogP contribution in [0.25, 0.3) is 0 Å². The molecule has 5 heteroatoms. The molecule has 0 aliphatic carbocycles. The SMILES string of the molecule is COc1ccc(C(=O)NCc2ccccc2F)cc1Br. The molecule has 0 saturated heterocycles. The summed E-state index contributed by atoms with van der Waals surface area (Å²) in [5, 5.41) is 2.68. The number of nitrogens with one attached hydrogen (secondary N) is 1. The molecule has 2 rings (SSSR count). The summed E-state index contributed by atoms with van der Waals surface area (Å²) in [6.07, 6.45) is 0. The van der Waals surface area contributed by atoms with Gasteiger partial charge < -0.3 is 10.1 Å². The minimum atomic E-state index is -0.330. The third-order valence-corrected chi connectivity index (χ3v) is 3.43. The van der Waals surface area contributed by atoms with Crippen LogP contribution < -0.4 is 10.1 Å². The standard InChI is InChI=1S/C15H13BrFNO2/c1-20-14-7-6-10(8-12(14)16)15(19)18-9-11-4-2-3-5-13(11)17/h2-8H,9H2,1H3,(H,18,19). The summed E-state index contributed by atoms with van der Waals surface area (Å²) < 4.78 is 19.2. The van der Waals surface area contributed by atoms with Crippen LogP contribution in [0.4, 0.5) is 4.39 Å². The van der Waals surface area contributed by atoms with Gasteiger partial charge in [0.15, 0.2) is 0 Å². The van der Waals surface area contributed by atoms with Crippen molar-refractivity contribution in [2.45, 2.75) is 6.54 Å². The van der Waals surface area contributed by atoms with E-state index in [-0.39, 0.29) is 18.3 Å². The highest BCUT2D eigenvalue weighted by Gasteiger charge is 2.09. The van der Waals surface area contributed by atoms with E-state index in [9.17, 15) is 9.18 Å². The first-order chi connectivity index (χ1) is 9.61. The van der Waals surface area contributed by atoms with Gasteiger partial charge in [-0.25, -0.2) is 4.39 Å². The van der Waals surface area contributed by atoms with Crippen molar-refractivity contribution in [3.8, 4) is 5.75 Å². The second kappa shape index (κ2) is 6.52. The molecule has 0 aromatic heterocycles. The fraction of sp³-hybridized carbons (Fsp3) is 0.133. The van der Waals surface area contributed by atoms with E-state index in [0.717, 1.165) is 0 Å². The Morgan fingerprint density at radius 3 is 2.70 bits per heavy atom. The lowest BCUT2D eigenvalue weighted by atomic mass is 10.2. The molecule has 104 valence electrons. The van der Waals surface area contributed by atoms with Crippen molar-refractivity contribution in [2.24, 2.45) is 0 Å². The van der Waals surface area contributed by atoms with Crippen LogP contribution in [-0.4, -0.2) is 13.0 Å². The van der Waals surface area contributed by atoms with E-state index in [1.54, 1.807) is 43.5 Å². The minimum absolute atomic E-state index is 0.148. The summed E-state index contributed by atoms with van der Waals surface area (Å²) in [6, 6.07) is 11.4. The number of amides is 1. The molecule has 0 saturated carbocycles. The molecule has 0 unspecified atom stereocenters. The Morgan fingerprint density at radius 1 is 1.30 bits per heavy atom. The lowest BCUT2D eigenvalue weighted by molar-refractivity contribution is 0.0950. The summed E-state index contributed by atoms with van der Waals surface area (Å²) in [5.74, 6) is 0.0518. The lowest BCUT2D eigenvalue weighted by Gasteiger charge is -2.08. The van der Waals surface area contributed by atoms with Gasteiger partial charge in [-0.1, -0.05) is 18.2 Å². The van der Waals surface area contributed by atoms with Gasteiger partial charge in [-0.3, -0.25) is 4.79 Å². The Labute approximate surface area is 124 Å². The number of carbonyl (C=O) groups is 1. The highest BCUT2D eigenvalue weighted by Crippen LogP contribution is 2.25. The lowest BCUT2D eigenvalue weighted by Crippen LogP contribution is -2.23. The topological polar surface area (TPSA) is 38.3 Å². The summed E-state index contributed by atoms with van der Waals surface area (Å²) >= 11 is 3.32. The number of halogens is 2. The highest BCUT2D eigenvalue weighted by atomic mass is 79.9. The van der Waals surface area contributed by atoms with Crippen LogP contribution in [0.2, 0.25) is 0 Å². The van der Waals surface area contributed by atoms with E-state index in [2.05, 4.69) is 21.2 Å². The molecule has 0 aliphatic heterocycles. The van der Waals surface area contributed by atoms with Gasteiger partial charge in [-0.15, -0.1) is 0 Å². The van der Waals surface area contributed by atoms with Crippen molar-refractivity contribution in [1.82, 2.24) is 5.32 Å². The first-order valence-electron chi connectivity index (χ1n) is 5.97. The molecule has 1 N–H and O–H groups in total. The molecular formula is C15H13BrFNO2. The maximum Gasteiger partial charge on any atom is 0.251 e. The van der Waals surface area contributed by atoms with Crippen LogP contribution in [0.5, 0.6) is 5.75 Å². The Morgan fingerprint density at radius 2 is 2.05 bits per heavy atom. The quantitative estimate of drug-likeness (QED) is 0.926. The van der Waals surface area contributed by atoms with Gasteiger partial charge in [-0.2, -0.15) is 0 Å². The average Bonchev–Trinajstić information content (AvgIpc) is 2.46. The fourth-order valence-electron chi connectivity index (χ4n) is 1.73. The number of rotatable bonds is 4. The van der Waals surface area contributed by atoms with E-state index in [4.69, 9.17) is 4.74 Å². The van der Waals surface area contributed by atoms with Crippen molar-refractivity contribution in [1.29, 1.82) is 0 Å². The molecule has 3 nitrogen and oxygen atoms in total. The largest absolute Gasteiger partial charge is 0.496 e.